The SMILES string of the molecule is CCOc1cc(C=Nn2c(-c3cccc(C(F)(F)F)c3)nc3ccccc3c2=O)c(Br)c(Br)c1OCc1ccccc1Cl. The number of nitrogens with zero attached hydrogens (tertiary/aromatic N) is 3. The Hall–Kier alpha value is -3.67. The third kappa shape index (κ3) is 6.63. The average Bonchev–Trinajstić information content (AvgIpc) is 2.99. The second-order valence-corrected chi connectivity index (χ2v) is 11.1. The van der Waals surface area contributed by atoms with Crippen LogP contribution in [-0.2, 0) is 12.8 Å². The molecule has 0 saturated heterocycles. The van der Waals surface area contributed by atoms with Gasteiger partial charge in [-0.15, -0.1) is 0 Å². The van der Waals surface area contributed by atoms with Crippen molar-refractivity contribution in [3.05, 3.63) is 120 Å². The van der Waals surface area contributed by atoms with Crippen LogP contribution in [0.15, 0.2) is 97.7 Å². The number of benzene rings is 4. The Kier molecular flexibility index (Phi) is 9.24. The van der Waals surface area contributed by atoms with Gasteiger partial charge in [0.1, 0.15) is 6.61 Å². The molecule has 0 saturated carbocycles. The molecule has 0 atom stereocenters. The van der Waals surface area contributed by atoms with Crippen LogP contribution in [0, 0.1) is 0 Å². The topological polar surface area (TPSA) is 65.7 Å². The van der Waals surface area contributed by atoms with Crippen LogP contribution < -0.4 is 15.0 Å². The van der Waals surface area contributed by atoms with E-state index in [-0.39, 0.29) is 23.4 Å². The Morgan fingerprint density at radius 2 is 1.72 bits per heavy atom. The fourth-order valence-corrected chi connectivity index (χ4v) is 5.36. The summed E-state index contributed by atoms with van der Waals surface area (Å²) in [4.78, 5) is 18.1. The van der Waals surface area contributed by atoms with Crippen molar-refractivity contribution in [2.24, 2.45) is 5.10 Å². The van der Waals surface area contributed by atoms with Crippen molar-refractivity contribution in [2.75, 3.05) is 6.61 Å². The number of ether oxygens (including phenoxy) is 2. The normalized spacial score (nSPS) is 11.8. The zero-order chi connectivity index (χ0) is 30.7. The standard InChI is InChI=1S/C31H21Br2ClF3N3O3/c1-2-42-25-15-20(26(32)27(33)28(25)43-17-19-8-3-5-12-23(19)34)16-38-40-29(18-9-7-10-21(14-18)31(35,36)37)39-24-13-6-4-11-22(24)30(40)41/h3-16H,2,17H2,1H3. The molecule has 0 fully saturated rings. The summed E-state index contributed by atoms with van der Waals surface area (Å²) >= 11 is 13.4. The van der Waals surface area contributed by atoms with Crippen LogP contribution in [0.4, 0.5) is 13.2 Å². The van der Waals surface area contributed by atoms with Crippen LogP contribution in [0.3, 0.4) is 0 Å². The predicted octanol–water partition coefficient (Wildman–Crippen LogP) is 9.12. The molecule has 0 bridgehead atoms. The van der Waals surface area contributed by atoms with E-state index in [1.54, 1.807) is 36.4 Å². The van der Waals surface area contributed by atoms with E-state index < -0.39 is 17.3 Å². The lowest BCUT2D eigenvalue weighted by molar-refractivity contribution is -0.137. The lowest BCUT2D eigenvalue weighted by Gasteiger charge is -2.17. The molecule has 4 aromatic carbocycles. The van der Waals surface area contributed by atoms with Gasteiger partial charge < -0.3 is 9.47 Å². The number of para-hydroxylation sites is 1. The van der Waals surface area contributed by atoms with Crippen LogP contribution in [0.5, 0.6) is 11.5 Å². The molecule has 1 heterocycles. The first-order valence-corrected chi connectivity index (χ1v) is 14.8. The van der Waals surface area contributed by atoms with Crippen LogP contribution in [-0.4, -0.2) is 22.5 Å². The lowest BCUT2D eigenvalue weighted by atomic mass is 10.1. The van der Waals surface area contributed by atoms with E-state index in [1.807, 2.05) is 25.1 Å². The summed E-state index contributed by atoms with van der Waals surface area (Å²) in [6, 6.07) is 20.1. The largest absolute Gasteiger partial charge is 0.490 e. The number of halogens is 6. The first kappa shape index (κ1) is 30.8. The van der Waals surface area contributed by atoms with E-state index in [1.165, 1.54) is 18.3 Å². The minimum Gasteiger partial charge on any atom is -0.490 e. The van der Waals surface area contributed by atoms with Crippen molar-refractivity contribution in [1.82, 2.24) is 9.66 Å². The Bertz CT molecular complexity index is 1910. The number of hydrogen-bond donors (Lipinski definition) is 0. The Morgan fingerprint density at radius 1 is 0.977 bits per heavy atom. The van der Waals surface area contributed by atoms with Gasteiger partial charge in [0.25, 0.3) is 5.56 Å². The highest BCUT2D eigenvalue weighted by Crippen LogP contribution is 2.43. The summed E-state index contributed by atoms with van der Waals surface area (Å²) in [6.07, 6.45) is -3.19. The summed E-state index contributed by atoms with van der Waals surface area (Å²) in [6.45, 7) is 2.33. The highest BCUT2D eigenvalue weighted by Gasteiger charge is 2.31. The highest BCUT2D eigenvalue weighted by molar-refractivity contribution is 9.13. The van der Waals surface area contributed by atoms with Gasteiger partial charge in [-0.1, -0.05) is 54.1 Å². The van der Waals surface area contributed by atoms with Crippen LogP contribution in [0.2, 0.25) is 5.02 Å². The van der Waals surface area contributed by atoms with Crippen molar-refractivity contribution >= 4 is 60.6 Å². The van der Waals surface area contributed by atoms with Gasteiger partial charge in [-0.2, -0.15) is 22.9 Å². The zero-order valence-electron chi connectivity index (χ0n) is 22.3. The molecule has 0 N–H and O–H groups in total. The second kappa shape index (κ2) is 12.9. The van der Waals surface area contributed by atoms with Crippen molar-refractivity contribution in [1.29, 1.82) is 0 Å². The molecular formula is C31H21Br2ClF3N3O3. The van der Waals surface area contributed by atoms with Crippen LogP contribution in [0.25, 0.3) is 22.3 Å². The Balaban J connectivity index is 1.60. The summed E-state index contributed by atoms with van der Waals surface area (Å²) < 4.78 is 54.5. The van der Waals surface area contributed by atoms with Gasteiger partial charge in [0.2, 0.25) is 0 Å². The van der Waals surface area contributed by atoms with Gasteiger partial charge in [0.15, 0.2) is 17.3 Å². The average molecular weight is 736 g/mol. The number of alkyl halides is 3. The second-order valence-electron chi connectivity index (χ2n) is 9.13. The van der Waals surface area contributed by atoms with Gasteiger partial charge in [0, 0.05) is 26.2 Å². The summed E-state index contributed by atoms with van der Waals surface area (Å²) in [5.74, 6) is 0.763. The maximum Gasteiger partial charge on any atom is 0.416 e. The molecule has 43 heavy (non-hydrogen) atoms. The minimum atomic E-state index is -4.58. The third-order valence-electron chi connectivity index (χ3n) is 6.30. The molecule has 0 radical (unpaired) electrons. The molecule has 0 aliphatic heterocycles. The molecule has 1 aromatic heterocycles. The minimum absolute atomic E-state index is 0.0500. The summed E-state index contributed by atoms with van der Waals surface area (Å²) in [7, 11) is 0. The quantitative estimate of drug-likeness (QED) is 0.149. The van der Waals surface area contributed by atoms with Crippen LogP contribution >= 0.6 is 43.5 Å². The Morgan fingerprint density at radius 3 is 2.47 bits per heavy atom. The molecule has 220 valence electrons. The molecule has 0 aliphatic carbocycles. The third-order valence-corrected chi connectivity index (χ3v) is 8.81. The van der Waals surface area contributed by atoms with Gasteiger partial charge in [-0.05, 0) is 75.2 Å². The molecule has 0 aliphatic rings. The molecule has 0 amide bonds. The fourth-order valence-electron chi connectivity index (χ4n) is 4.23. The summed E-state index contributed by atoms with van der Waals surface area (Å²) in [5.41, 5.74) is 0.265. The molecule has 6 nitrogen and oxygen atoms in total. The Labute approximate surface area is 266 Å². The number of hydrogen-bond acceptors (Lipinski definition) is 5. The number of rotatable bonds is 8. The van der Waals surface area contributed by atoms with Gasteiger partial charge >= 0.3 is 6.18 Å². The number of aromatic nitrogens is 2. The molecule has 12 heteroatoms. The zero-order valence-corrected chi connectivity index (χ0v) is 26.3. The molecule has 0 unspecified atom stereocenters. The maximum absolute atomic E-state index is 13.6. The molecule has 5 aromatic rings. The van der Waals surface area contributed by atoms with Crippen molar-refractivity contribution < 1.29 is 22.6 Å². The first-order chi connectivity index (χ1) is 20.6. The predicted molar refractivity (Wildman–Crippen MR) is 168 cm³/mol. The smallest absolute Gasteiger partial charge is 0.416 e. The van der Waals surface area contributed by atoms with Gasteiger partial charge in [-0.25, -0.2) is 4.98 Å². The molecule has 0 spiro atoms. The number of fused-ring (bicyclic) bond motifs is 1. The lowest BCUT2D eigenvalue weighted by Crippen LogP contribution is -2.20. The van der Waals surface area contributed by atoms with E-state index in [0.717, 1.165) is 22.4 Å². The fraction of sp³-hybridized carbons (Fsp3) is 0.129. The van der Waals surface area contributed by atoms with Crippen LogP contribution in [0.1, 0.15) is 23.6 Å². The maximum atomic E-state index is 13.6. The van der Waals surface area contributed by atoms with E-state index >= 15 is 0 Å². The van der Waals surface area contributed by atoms with Gasteiger partial charge in [-0.3, -0.25) is 4.79 Å². The summed E-state index contributed by atoms with van der Waals surface area (Å²) in [5, 5.41) is 5.22. The highest BCUT2D eigenvalue weighted by atomic mass is 79.9. The molecule has 5 rings (SSSR count). The van der Waals surface area contributed by atoms with E-state index in [4.69, 9.17) is 21.1 Å². The van der Waals surface area contributed by atoms with E-state index in [9.17, 15) is 18.0 Å². The van der Waals surface area contributed by atoms with E-state index in [2.05, 4.69) is 41.9 Å². The van der Waals surface area contributed by atoms with Gasteiger partial charge in [0.05, 0.1) is 33.8 Å². The monoisotopic (exact) mass is 733 g/mol. The van der Waals surface area contributed by atoms with Crippen molar-refractivity contribution in [2.45, 2.75) is 19.7 Å². The van der Waals surface area contributed by atoms with Crippen molar-refractivity contribution in [3.8, 4) is 22.9 Å². The molecular weight excluding hydrogens is 715 g/mol. The van der Waals surface area contributed by atoms with E-state index in [0.29, 0.717) is 43.2 Å². The first-order valence-electron chi connectivity index (χ1n) is 12.8. The van der Waals surface area contributed by atoms with Crippen molar-refractivity contribution in [3.63, 3.8) is 0 Å².